The van der Waals surface area contributed by atoms with Gasteiger partial charge in [-0.3, -0.25) is 0 Å². The first kappa shape index (κ1) is 7.12. The van der Waals surface area contributed by atoms with Crippen molar-refractivity contribution in [3.63, 3.8) is 0 Å². The van der Waals surface area contributed by atoms with Gasteiger partial charge in [-0.15, -0.1) is 0 Å². The molecule has 56 valence electrons. The van der Waals surface area contributed by atoms with Gasteiger partial charge >= 0.3 is 6.09 Å². The maximum Gasteiger partial charge on any atom is 0.410 e. The molecule has 0 radical (unpaired) electrons. The van der Waals surface area contributed by atoms with Crippen molar-refractivity contribution < 1.29 is 9.53 Å². The van der Waals surface area contributed by atoms with Gasteiger partial charge in [-0.25, -0.2) is 4.79 Å². The number of hydrogen-bond acceptors (Lipinski definition) is 2. The second kappa shape index (κ2) is 2.73. The van der Waals surface area contributed by atoms with Crippen molar-refractivity contribution in [3.8, 4) is 0 Å². The lowest BCUT2D eigenvalue weighted by Gasteiger charge is -2.31. The average Bonchev–Trinajstić information content (AvgIpc) is 1.82. The Morgan fingerprint density at radius 1 is 1.80 bits per heavy atom. The van der Waals surface area contributed by atoms with Crippen molar-refractivity contribution in [2.45, 2.75) is 6.92 Å². The van der Waals surface area contributed by atoms with Crippen LogP contribution in [0, 0.1) is 0 Å². The van der Waals surface area contributed by atoms with Crippen LogP contribution in [0.5, 0.6) is 0 Å². The van der Waals surface area contributed by atoms with E-state index in [9.17, 15) is 4.79 Å². The Bertz CT molecular complexity index is 157. The van der Waals surface area contributed by atoms with Gasteiger partial charge < -0.3 is 9.64 Å². The molecule has 0 aromatic carbocycles. The predicted molar refractivity (Wildman–Crippen MR) is 37.7 cm³/mol. The standard InChI is InChI=1S/C7H11NO2/c1-3-10-7(9)8-4-6(2)5-8/h2-5H2,1H3. The van der Waals surface area contributed by atoms with E-state index in [0.717, 1.165) is 5.57 Å². The number of rotatable bonds is 1. The zero-order valence-corrected chi connectivity index (χ0v) is 6.09. The van der Waals surface area contributed by atoms with Crippen LogP contribution >= 0.6 is 0 Å². The molecule has 3 nitrogen and oxygen atoms in total. The smallest absolute Gasteiger partial charge is 0.410 e. The molecule has 0 atom stereocenters. The lowest BCUT2D eigenvalue weighted by atomic mass is 10.1. The third-order valence-corrected chi connectivity index (χ3v) is 1.35. The molecule has 1 aliphatic heterocycles. The van der Waals surface area contributed by atoms with Gasteiger partial charge in [0.1, 0.15) is 0 Å². The Morgan fingerprint density at radius 3 is 2.80 bits per heavy atom. The van der Waals surface area contributed by atoms with Gasteiger partial charge in [0.25, 0.3) is 0 Å². The van der Waals surface area contributed by atoms with Crippen LogP contribution < -0.4 is 0 Å². The number of nitrogens with zero attached hydrogens (tertiary/aromatic N) is 1. The predicted octanol–water partition coefficient (Wildman–Crippen LogP) is 1.01. The zero-order valence-electron chi connectivity index (χ0n) is 6.09. The minimum Gasteiger partial charge on any atom is -0.450 e. The van der Waals surface area contributed by atoms with E-state index in [4.69, 9.17) is 4.74 Å². The summed E-state index contributed by atoms with van der Waals surface area (Å²) < 4.78 is 4.74. The molecular weight excluding hydrogens is 130 g/mol. The highest BCUT2D eigenvalue weighted by Gasteiger charge is 2.23. The third-order valence-electron chi connectivity index (χ3n) is 1.35. The number of likely N-dealkylation sites (tertiary alicyclic amines) is 1. The second-order valence-electron chi connectivity index (χ2n) is 2.30. The molecule has 0 saturated carbocycles. The summed E-state index contributed by atoms with van der Waals surface area (Å²) in [5.74, 6) is 0. The molecule has 0 N–H and O–H groups in total. The molecule has 0 aliphatic carbocycles. The first-order chi connectivity index (χ1) is 4.74. The first-order valence-corrected chi connectivity index (χ1v) is 3.32. The maximum absolute atomic E-state index is 10.8. The van der Waals surface area contributed by atoms with Gasteiger partial charge in [-0.2, -0.15) is 0 Å². The highest BCUT2D eigenvalue weighted by molar-refractivity contribution is 5.70. The van der Waals surface area contributed by atoms with E-state index < -0.39 is 0 Å². The van der Waals surface area contributed by atoms with Crippen LogP contribution in [0.4, 0.5) is 4.79 Å². The molecule has 0 aromatic rings. The number of carbonyl (C=O) groups is 1. The SMILES string of the molecule is C=C1CN(C(=O)OCC)C1. The summed E-state index contributed by atoms with van der Waals surface area (Å²) in [5.41, 5.74) is 1.09. The fourth-order valence-electron chi connectivity index (χ4n) is 0.837. The molecule has 1 fully saturated rings. The Balaban J connectivity index is 2.24. The lowest BCUT2D eigenvalue weighted by molar-refractivity contribution is 0.101. The van der Waals surface area contributed by atoms with Crippen LogP contribution in [-0.4, -0.2) is 30.7 Å². The molecule has 0 aromatic heterocycles. The van der Waals surface area contributed by atoms with E-state index in [2.05, 4.69) is 6.58 Å². The normalized spacial score (nSPS) is 16.5. The zero-order chi connectivity index (χ0) is 7.56. The molecule has 0 spiro atoms. The quantitative estimate of drug-likeness (QED) is 0.510. The van der Waals surface area contributed by atoms with E-state index in [-0.39, 0.29) is 6.09 Å². The van der Waals surface area contributed by atoms with Crippen molar-refractivity contribution in [1.82, 2.24) is 4.90 Å². The van der Waals surface area contributed by atoms with Crippen LogP contribution in [0.1, 0.15) is 6.92 Å². The van der Waals surface area contributed by atoms with E-state index in [1.165, 1.54) is 0 Å². The molecule has 0 bridgehead atoms. The van der Waals surface area contributed by atoms with Gasteiger partial charge in [0.05, 0.1) is 6.61 Å². The lowest BCUT2D eigenvalue weighted by Crippen LogP contribution is -2.44. The summed E-state index contributed by atoms with van der Waals surface area (Å²) in [4.78, 5) is 12.5. The minimum absolute atomic E-state index is 0.227. The molecule has 1 rings (SSSR count). The monoisotopic (exact) mass is 141 g/mol. The third kappa shape index (κ3) is 1.29. The summed E-state index contributed by atoms with van der Waals surface area (Å²) in [6.07, 6.45) is -0.227. The number of ether oxygens (including phenoxy) is 1. The molecule has 3 heteroatoms. The molecule has 10 heavy (non-hydrogen) atoms. The molecule has 1 aliphatic rings. The van der Waals surface area contributed by atoms with Crippen LogP contribution in [0.25, 0.3) is 0 Å². The first-order valence-electron chi connectivity index (χ1n) is 3.32. The number of amides is 1. The van der Waals surface area contributed by atoms with Gasteiger partial charge in [-0.05, 0) is 12.5 Å². The fraction of sp³-hybridized carbons (Fsp3) is 0.571. The molecule has 1 amide bonds. The maximum atomic E-state index is 10.8. The van der Waals surface area contributed by atoms with Crippen LogP contribution in [0.15, 0.2) is 12.2 Å². The van der Waals surface area contributed by atoms with Gasteiger partial charge in [0.2, 0.25) is 0 Å². The van der Waals surface area contributed by atoms with Crippen molar-refractivity contribution in [1.29, 1.82) is 0 Å². The Kier molecular flexibility index (Phi) is 1.94. The van der Waals surface area contributed by atoms with Gasteiger partial charge in [-0.1, -0.05) is 6.58 Å². The fourth-order valence-corrected chi connectivity index (χ4v) is 0.837. The summed E-state index contributed by atoms with van der Waals surface area (Å²) in [5, 5.41) is 0. The average molecular weight is 141 g/mol. The topological polar surface area (TPSA) is 29.5 Å². The summed E-state index contributed by atoms with van der Waals surface area (Å²) in [6, 6.07) is 0. The Hall–Kier alpha value is -0.990. The second-order valence-corrected chi connectivity index (χ2v) is 2.30. The van der Waals surface area contributed by atoms with Crippen molar-refractivity contribution in [2.24, 2.45) is 0 Å². The van der Waals surface area contributed by atoms with Crippen molar-refractivity contribution >= 4 is 6.09 Å². The van der Waals surface area contributed by atoms with Crippen molar-refractivity contribution in [3.05, 3.63) is 12.2 Å². The number of hydrogen-bond donors (Lipinski definition) is 0. The molecule has 1 heterocycles. The van der Waals surface area contributed by atoms with Crippen LogP contribution in [0.3, 0.4) is 0 Å². The Morgan fingerprint density at radius 2 is 2.40 bits per heavy atom. The van der Waals surface area contributed by atoms with Crippen molar-refractivity contribution in [2.75, 3.05) is 19.7 Å². The Labute approximate surface area is 60.3 Å². The van der Waals surface area contributed by atoms with Gasteiger partial charge in [0.15, 0.2) is 0 Å². The summed E-state index contributed by atoms with van der Waals surface area (Å²) >= 11 is 0. The molecule has 0 unspecified atom stereocenters. The van der Waals surface area contributed by atoms with E-state index >= 15 is 0 Å². The highest BCUT2D eigenvalue weighted by atomic mass is 16.6. The largest absolute Gasteiger partial charge is 0.450 e. The van der Waals surface area contributed by atoms with E-state index in [1.807, 2.05) is 0 Å². The van der Waals surface area contributed by atoms with E-state index in [1.54, 1.807) is 11.8 Å². The highest BCUT2D eigenvalue weighted by Crippen LogP contribution is 2.12. The van der Waals surface area contributed by atoms with Crippen LogP contribution in [-0.2, 0) is 4.74 Å². The minimum atomic E-state index is -0.227. The summed E-state index contributed by atoms with van der Waals surface area (Å²) in [7, 11) is 0. The van der Waals surface area contributed by atoms with E-state index in [0.29, 0.717) is 19.7 Å². The summed E-state index contributed by atoms with van der Waals surface area (Å²) in [6.45, 7) is 7.28. The van der Waals surface area contributed by atoms with Crippen LogP contribution in [0.2, 0.25) is 0 Å². The number of carbonyl (C=O) groups excluding carboxylic acids is 1. The molecule has 1 saturated heterocycles. The van der Waals surface area contributed by atoms with Gasteiger partial charge in [0, 0.05) is 13.1 Å². The molecular formula is C7H11NO2.